The first-order chi connectivity index (χ1) is 9.22. The lowest BCUT2D eigenvalue weighted by Gasteiger charge is -2.24. The van der Waals surface area contributed by atoms with Crippen molar-refractivity contribution in [1.82, 2.24) is 21.5 Å². The fourth-order valence-corrected chi connectivity index (χ4v) is 2.42. The van der Waals surface area contributed by atoms with Gasteiger partial charge in [-0.2, -0.15) is 0 Å². The summed E-state index contributed by atoms with van der Waals surface area (Å²) in [7, 11) is 1.69. The van der Waals surface area contributed by atoms with Crippen LogP contribution in [0.4, 0.5) is 0 Å². The van der Waals surface area contributed by atoms with Gasteiger partial charge in [-0.05, 0) is 43.7 Å². The maximum absolute atomic E-state index is 5.22. The smallest absolute Gasteiger partial charge is 0.185 e. The summed E-state index contributed by atoms with van der Waals surface area (Å²) in [5, 5.41) is 7.52. The predicted octanol–water partition coefficient (Wildman–Crippen LogP) is 1.20. The van der Waals surface area contributed by atoms with Gasteiger partial charge in [0.1, 0.15) is 0 Å². The Hall–Kier alpha value is -0.660. The summed E-state index contributed by atoms with van der Waals surface area (Å²) in [6, 6.07) is 0.499. The van der Waals surface area contributed by atoms with Crippen LogP contribution in [-0.4, -0.2) is 36.5 Å². The highest BCUT2D eigenvalue weighted by atomic mass is 32.1. The first kappa shape index (κ1) is 16.4. The molecule has 19 heavy (non-hydrogen) atoms. The maximum Gasteiger partial charge on any atom is 0.185 e. The number of hydrogen-bond donors (Lipinski definition) is 4. The van der Waals surface area contributed by atoms with E-state index >= 15 is 0 Å². The van der Waals surface area contributed by atoms with E-state index in [0.29, 0.717) is 16.3 Å². The molecular formula is C12H24N4OS2. The van der Waals surface area contributed by atoms with Crippen molar-refractivity contribution in [1.29, 1.82) is 0 Å². The topological polar surface area (TPSA) is 57.4 Å². The zero-order chi connectivity index (χ0) is 13.9. The molecule has 1 aliphatic carbocycles. The normalized spacial score (nSPS) is 15.6. The fourth-order valence-electron chi connectivity index (χ4n) is 2.04. The van der Waals surface area contributed by atoms with E-state index < -0.39 is 0 Å². The van der Waals surface area contributed by atoms with Crippen molar-refractivity contribution in [3.05, 3.63) is 0 Å². The van der Waals surface area contributed by atoms with E-state index in [1.165, 1.54) is 32.1 Å². The number of thiocarbonyl (C=S) groups is 2. The summed E-state index contributed by atoms with van der Waals surface area (Å²) in [6.07, 6.45) is 7.22. The third-order valence-corrected chi connectivity index (χ3v) is 3.51. The van der Waals surface area contributed by atoms with Crippen LogP contribution in [0, 0.1) is 0 Å². The van der Waals surface area contributed by atoms with E-state index in [9.17, 15) is 0 Å². The van der Waals surface area contributed by atoms with Crippen LogP contribution in [0.1, 0.15) is 38.5 Å². The molecule has 1 fully saturated rings. The van der Waals surface area contributed by atoms with Gasteiger partial charge >= 0.3 is 0 Å². The molecule has 0 amide bonds. The summed E-state index contributed by atoms with van der Waals surface area (Å²) in [5.74, 6) is 0. The Balaban J connectivity index is 2.03. The molecule has 0 atom stereocenters. The number of methoxy groups -OCH3 is 1. The molecule has 0 spiro atoms. The summed E-state index contributed by atoms with van der Waals surface area (Å²) in [6.45, 7) is 1.51. The molecule has 4 N–H and O–H groups in total. The Morgan fingerprint density at radius 3 is 2.47 bits per heavy atom. The Labute approximate surface area is 126 Å². The minimum absolute atomic E-state index is 0.499. The maximum atomic E-state index is 5.22. The van der Waals surface area contributed by atoms with Crippen LogP contribution < -0.4 is 21.5 Å². The molecule has 0 bridgehead atoms. The highest BCUT2D eigenvalue weighted by Crippen LogP contribution is 2.16. The highest BCUT2D eigenvalue weighted by molar-refractivity contribution is 7.80. The molecule has 1 aliphatic rings. The van der Waals surface area contributed by atoms with Crippen molar-refractivity contribution in [2.45, 2.75) is 44.6 Å². The van der Waals surface area contributed by atoms with Crippen LogP contribution in [0.15, 0.2) is 0 Å². The van der Waals surface area contributed by atoms with Gasteiger partial charge in [0.25, 0.3) is 0 Å². The van der Waals surface area contributed by atoms with Gasteiger partial charge in [0, 0.05) is 26.3 Å². The first-order valence-electron chi connectivity index (χ1n) is 6.81. The molecule has 110 valence electrons. The van der Waals surface area contributed by atoms with Crippen LogP contribution >= 0.6 is 24.4 Å². The van der Waals surface area contributed by atoms with Crippen molar-refractivity contribution in [2.75, 3.05) is 20.3 Å². The van der Waals surface area contributed by atoms with Crippen molar-refractivity contribution >= 4 is 34.7 Å². The fraction of sp³-hybridized carbons (Fsp3) is 0.833. The number of hydrazine groups is 1. The molecule has 5 nitrogen and oxygen atoms in total. The number of hydrogen-bond acceptors (Lipinski definition) is 3. The number of nitrogens with one attached hydrogen (secondary N) is 4. The van der Waals surface area contributed by atoms with Gasteiger partial charge in [0.2, 0.25) is 0 Å². The molecular weight excluding hydrogens is 280 g/mol. The summed E-state index contributed by atoms with van der Waals surface area (Å²) in [5.41, 5.74) is 5.78. The second-order valence-corrected chi connectivity index (χ2v) is 5.48. The quantitative estimate of drug-likeness (QED) is 0.346. The van der Waals surface area contributed by atoms with Crippen LogP contribution in [0.25, 0.3) is 0 Å². The largest absolute Gasteiger partial charge is 0.385 e. The van der Waals surface area contributed by atoms with Gasteiger partial charge in [-0.15, -0.1) is 0 Å². The monoisotopic (exact) mass is 304 g/mol. The molecule has 0 aromatic rings. The van der Waals surface area contributed by atoms with Gasteiger partial charge in [-0.3, -0.25) is 10.9 Å². The Morgan fingerprint density at radius 2 is 1.79 bits per heavy atom. The lowest BCUT2D eigenvalue weighted by molar-refractivity contribution is 0.195. The standard InChI is InChI=1S/C12H24N4OS2/c1-17-9-5-8-13-11(18)15-16-12(19)14-10-6-3-2-4-7-10/h10H,2-9H2,1H3,(H2,13,15,18)(H2,14,16,19). The van der Waals surface area contributed by atoms with Crippen LogP contribution in [0.3, 0.4) is 0 Å². The molecule has 0 aliphatic heterocycles. The Morgan fingerprint density at radius 1 is 1.11 bits per heavy atom. The van der Waals surface area contributed by atoms with Gasteiger partial charge in [-0.1, -0.05) is 19.3 Å². The SMILES string of the molecule is COCCCNC(=S)NNC(=S)NC1CCCCC1. The molecule has 0 aromatic heterocycles. The minimum Gasteiger partial charge on any atom is -0.385 e. The molecule has 1 rings (SSSR count). The van der Waals surface area contributed by atoms with Crippen molar-refractivity contribution in [3.63, 3.8) is 0 Å². The Kier molecular flexibility index (Phi) is 8.77. The van der Waals surface area contributed by atoms with E-state index in [2.05, 4.69) is 21.5 Å². The summed E-state index contributed by atoms with van der Waals surface area (Å²) in [4.78, 5) is 0. The zero-order valence-corrected chi connectivity index (χ0v) is 13.1. The van der Waals surface area contributed by atoms with Gasteiger partial charge in [-0.25, -0.2) is 0 Å². The average molecular weight is 304 g/mol. The molecule has 0 aromatic carbocycles. The van der Waals surface area contributed by atoms with E-state index in [-0.39, 0.29) is 0 Å². The van der Waals surface area contributed by atoms with E-state index in [4.69, 9.17) is 29.2 Å². The average Bonchev–Trinajstić information content (AvgIpc) is 2.42. The lowest BCUT2D eigenvalue weighted by atomic mass is 9.96. The lowest BCUT2D eigenvalue weighted by Crippen LogP contribution is -2.52. The van der Waals surface area contributed by atoms with Gasteiger partial charge in [0.15, 0.2) is 10.2 Å². The molecule has 7 heteroatoms. The third-order valence-electron chi connectivity index (χ3n) is 3.04. The molecule has 0 saturated heterocycles. The third kappa shape index (κ3) is 8.18. The van der Waals surface area contributed by atoms with Crippen molar-refractivity contribution in [3.8, 4) is 0 Å². The van der Waals surface area contributed by atoms with Crippen LogP contribution in [-0.2, 0) is 4.74 Å². The van der Waals surface area contributed by atoms with Crippen LogP contribution in [0.2, 0.25) is 0 Å². The predicted molar refractivity (Wildman–Crippen MR) is 86.0 cm³/mol. The van der Waals surface area contributed by atoms with Gasteiger partial charge in [0.05, 0.1) is 0 Å². The second kappa shape index (κ2) is 10.2. The molecule has 0 heterocycles. The molecule has 0 radical (unpaired) electrons. The Bertz CT molecular complexity index is 283. The van der Waals surface area contributed by atoms with Crippen molar-refractivity contribution in [2.24, 2.45) is 0 Å². The number of rotatable bonds is 5. The molecule has 0 unspecified atom stereocenters. The van der Waals surface area contributed by atoms with E-state index in [1.54, 1.807) is 7.11 Å². The summed E-state index contributed by atoms with van der Waals surface area (Å²) < 4.78 is 4.96. The van der Waals surface area contributed by atoms with Gasteiger partial charge < -0.3 is 15.4 Å². The first-order valence-corrected chi connectivity index (χ1v) is 7.63. The van der Waals surface area contributed by atoms with E-state index in [1.807, 2.05) is 0 Å². The van der Waals surface area contributed by atoms with E-state index in [0.717, 1.165) is 19.6 Å². The highest BCUT2D eigenvalue weighted by Gasteiger charge is 2.13. The van der Waals surface area contributed by atoms with Crippen LogP contribution in [0.5, 0.6) is 0 Å². The summed E-state index contributed by atoms with van der Waals surface area (Å²) >= 11 is 10.3. The molecule has 1 saturated carbocycles. The zero-order valence-electron chi connectivity index (χ0n) is 11.5. The second-order valence-electron chi connectivity index (χ2n) is 4.66. The van der Waals surface area contributed by atoms with Crippen molar-refractivity contribution < 1.29 is 4.74 Å². The number of ether oxygens (including phenoxy) is 1. The minimum atomic E-state index is 0.499.